The number of ether oxygens (including phenoxy) is 1. The average molecular weight is 428 g/mol. The summed E-state index contributed by atoms with van der Waals surface area (Å²) in [6.45, 7) is 3.87. The lowest BCUT2D eigenvalue weighted by molar-refractivity contribution is -0.132. The van der Waals surface area contributed by atoms with Crippen molar-refractivity contribution in [1.29, 1.82) is 0 Å². The fourth-order valence-corrected chi connectivity index (χ4v) is 4.02. The van der Waals surface area contributed by atoms with Crippen LogP contribution in [0.25, 0.3) is 5.76 Å². The number of hydrogen-bond donors (Lipinski definition) is 1. The van der Waals surface area contributed by atoms with Gasteiger partial charge < -0.3 is 9.84 Å². The molecule has 2 heterocycles. The van der Waals surface area contributed by atoms with E-state index in [0.717, 1.165) is 17.5 Å². The average Bonchev–Trinajstić information content (AvgIpc) is 3.09. The highest BCUT2D eigenvalue weighted by Gasteiger charge is 2.47. The first-order valence-corrected chi connectivity index (χ1v) is 10.4. The molecule has 1 aliphatic rings. The number of benzene rings is 2. The molecular weight excluding hydrogens is 404 g/mol. The van der Waals surface area contributed by atoms with Gasteiger partial charge in [-0.05, 0) is 66.4 Å². The Bertz CT molecular complexity index is 1200. The lowest BCUT2D eigenvalue weighted by atomic mass is 9.94. The number of methoxy groups -OCH3 is 1. The summed E-state index contributed by atoms with van der Waals surface area (Å²) in [5.74, 6) is -0.994. The van der Waals surface area contributed by atoms with Gasteiger partial charge in [-0.2, -0.15) is 0 Å². The fraction of sp³-hybridized carbons (Fsp3) is 0.192. The maximum absolute atomic E-state index is 13.2. The van der Waals surface area contributed by atoms with Crippen molar-refractivity contribution in [3.05, 3.63) is 94.8 Å². The number of carbonyl (C=O) groups excluding carboxylic acids is 2. The first-order valence-electron chi connectivity index (χ1n) is 10.4. The predicted molar refractivity (Wildman–Crippen MR) is 123 cm³/mol. The van der Waals surface area contributed by atoms with Crippen molar-refractivity contribution in [1.82, 2.24) is 4.98 Å². The molecule has 6 nitrogen and oxygen atoms in total. The highest BCUT2D eigenvalue weighted by Crippen LogP contribution is 2.42. The van der Waals surface area contributed by atoms with Crippen molar-refractivity contribution >= 4 is 23.1 Å². The zero-order valence-corrected chi connectivity index (χ0v) is 18.2. The highest BCUT2D eigenvalue weighted by molar-refractivity contribution is 6.51. The molecule has 32 heavy (non-hydrogen) atoms. The highest BCUT2D eigenvalue weighted by atomic mass is 16.5. The van der Waals surface area contributed by atoms with E-state index in [1.807, 2.05) is 38.1 Å². The molecule has 0 saturated carbocycles. The molecule has 1 fully saturated rings. The molecule has 1 N–H and O–H groups in total. The molecule has 0 spiro atoms. The molecule has 1 unspecified atom stereocenters. The number of rotatable bonds is 5. The number of Topliss-reactive ketones (excluding diaryl/α,β-unsaturated/α-hetero) is 1. The van der Waals surface area contributed by atoms with Gasteiger partial charge in [-0.3, -0.25) is 19.5 Å². The van der Waals surface area contributed by atoms with E-state index < -0.39 is 17.7 Å². The van der Waals surface area contributed by atoms with E-state index in [0.29, 0.717) is 22.6 Å². The molecule has 0 aliphatic carbocycles. The van der Waals surface area contributed by atoms with Crippen molar-refractivity contribution in [2.45, 2.75) is 26.3 Å². The topological polar surface area (TPSA) is 79.7 Å². The molecule has 0 bridgehead atoms. The van der Waals surface area contributed by atoms with Gasteiger partial charge in [0.25, 0.3) is 11.7 Å². The molecule has 2 aromatic carbocycles. The number of carbonyl (C=O) groups is 2. The van der Waals surface area contributed by atoms with Gasteiger partial charge in [0.15, 0.2) is 0 Å². The molecule has 4 rings (SSSR count). The SMILES string of the molecule is CCc1ccc(N2C(=O)C(=O)/C(=C(\O)c3ccc(OC)cc3C)C2c2cccnc2)cc1. The normalized spacial score (nSPS) is 17.6. The molecule has 1 aromatic heterocycles. The van der Waals surface area contributed by atoms with Crippen molar-refractivity contribution in [2.75, 3.05) is 12.0 Å². The Labute approximate surface area is 186 Å². The Morgan fingerprint density at radius 2 is 1.88 bits per heavy atom. The summed E-state index contributed by atoms with van der Waals surface area (Å²) in [7, 11) is 1.56. The third kappa shape index (κ3) is 3.64. The van der Waals surface area contributed by atoms with E-state index >= 15 is 0 Å². The maximum atomic E-state index is 13.2. The van der Waals surface area contributed by atoms with Crippen molar-refractivity contribution in [3.8, 4) is 5.75 Å². The van der Waals surface area contributed by atoms with Crippen molar-refractivity contribution in [3.63, 3.8) is 0 Å². The zero-order valence-electron chi connectivity index (χ0n) is 18.2. The number of aliphatic hydroxyl groups excluding tert-OH is 1. The first-order chi connectivity index (χ1) is 15.5. The molecular formula is C26H24N2O4. The summed E-state index contributed by atoms with van der Waals surface area (Å²) < 4.78 is 5.24. The Morgan fingerprint density at radius 1 is 1.12 bits per heavy atom. The number of hydrogen-bond acceptors (Lipinski definition) is 5. The lowest BCUT2D eigenvalue weighted by Crippen LogP contribution is -2.29. The summed E-state index contributed by atoms with van der Waals surface area (Å²) in [5.41, 5.74) is 3.58. The Morgan fingerprint density at radius 3 is 2.47 bits per heavy atom. The predicted octanol–water partition coefficient (Wildman–Crippen LogP) is 4.59. The molecule has 162 valence electrons. The summed E-state index contributed by atoms with van der Waals surface area (Å²) in [6.07, 6.45) is 4.10. The van der Waals surface area contributed by atoms with Gasteiger partial charge in [0.05, 0.1) is 18.7 Å². The van der Waals surface area contributed by atoms with E-state index in [-0.39, 0.29) is 11.3 Å². The fourth-order valence-electron chi connectivity index (χ4n) is 4.02. The molecule has 1 amide bonds. The van der Waals surface area contributed by atoms with Crippen LogP contribution in [0.2, 0.25) is 0 Å². The number of ketones is 1. The summed E-state index contributed by atoms with van der Waals surface area (Å²) >= 11 is 0. The van der Waals surface area contributed by atoms with Crippen LogP contribution in [0.3, 0.4) is 0 Å². The number of aryl methyl sites for hydroxylation is 2. The summed E-state index contributed by atoms with van der Waals surface area (Å²) in [6, 6.07) is 15.4. The largest absolute Gasteiger partial charge is 0.507 e. The number of anilines is 1. The Balaban J connectivity index is 1.91. The van der Waals surface area contributed by atoms with E-state index in [1.165, 1.54) is 4.90 Å². The Hall–Kier alpha value is -3.93. The summed E-state index contributed by atoms with van der Waals surface area (Å²) in [5, 5.41) is 11.3. The van der Waals surface area contributed by atoms with Crippen LogP contribution in [0.5, 0.6) is 5.75 Å². The van der Waals surface area contributed by atoms with Gasteiger partial charge in [0, 0.05) is 23.6 Å². The molecule has 6 heteroatoms. The minimum absolute atomic E-state index is 0.0378. The standard InChI is InChI=1S/C26H24N2O4/c1-4-17-7-9-19(10-8-17)28-23(18-6-5-13-27-15-18)22(25(30)26(28)31)24(29)21-12-11-20(32-3)14-16(21)2/h5-15,23,29H,4H2,1-3H3/b24-22-. The van der Waals surface area contributed by atoms with Crippen LogP contribution in [0, 0.1) is 6.92 Å². The number of nitrogens with zero attached hydrogens (tertiary/aromatic N) is 2. The minimum atomic E-state index is -0.794. The minimum Gasteiger partial charge on any atom is -0.507 e. The quantitative estimate of drug-likeness (QED) is 0.365. The van der Waals surface area contributed by atoms with Crippen LogP contribution < -0.4 is 9.64 Å². The number of amides is 1. The second kappa shape index (κ2) is 8.67. The Kier molecular flexibility index (Phi) is 5.77. The molecule has 0 radical (unpaired) electrons. The molecule has 1 aliphatic heterocycles. The van der Waals surface area contributed by atoms with E-state index in [2.05, 4.69) is 4.98 Å². The second-order valence-corrected chi connectivity index (χ2v) is 7.66. The number of aliphatic hydroxyl groups is 1. The third-order valence-electron chi connectivity index (χ3n) is 5.76. The van der Waals surface area contributed by atoms with Crippen LogP contribution in [-0.4, -0.2) is 28.9 Å². The smallest absolute Gasteiger partial charge is 0.300 e. The summed E-state index contributed by atoms with van der Waals surface area (Å²) in [4.78, 5) is 32.0. The molecule has 1 saturated heterocycles. The van der Waals surface area contributed by atoms with E-state index in [1.54, 1.807) is 49.8 Å². The van der Waals surface area contributed by atoms with Crippen molar-refractivity contribution in [2.24, 2.45) is 0 Å². The maximum Gasteiger partial charge on any atom is 0.300 e. The van der Waals surface area contributed by atoms with Gasteiger partial charge in [-0.15, -0.1) is 0 Å². The van der Waals surface area contributed by atoms with Gasteiger partial charge in [0.1, 0.15) is 11.5 Å². The zero-order chi connectivity index (χ0) is 22.8. The van der Waals surface area contributed by atoms with Crippen molar-refractivity contribution < 1.29 is 19.4 Å². The lowest BCUT2D eigenvalue weighted by Gasteiger charge is -2.25. The van der Waals surface area contributed by atoms with Crippen LogP contribution in [0.15, 0.2) is 72.6 Å². The first kappa shape index (κ1) is 21.3. The number of aromatic nitrogens is 1. The third-order valence-corrected chi connectivity index (χ3v) is 5.76. The monoisotopic (exact) mass is 428 g/mol. The molecule has 3 aromatic rings. The van der Waals surface area contributed by atoms with Crippen LogP contribution >= 0.6 is 0 Å². The molecule has 1 atom stereocenters. The van der Waals surface area contributed by atoms with Crippen LogP contribution in [0.1, 0.15) is 35.2 Å². The van der Waals surface area contributed by atoms with E-state index in [4.69, 9.17) is 4.74 Å². The van der Waals surface area contributed by atoms with Gasteiger partial charge >= 0.3 is 0 Å². The van der Waals surface area contributed by atoms with Crippen LogP contribution in [0.4, 0.5) is 5.69 Å². The number of pyridine rings is 1. The van der Waals surface area contributed by atoms with Gasteiger partial charge in [-0.25, -0.2) is 0 Å². The second-order valence-electron chi connectivity index (χ2n) is 7.66. The van der Waals surface area contributed by atoms with E-state index in [9.17, 15) is 14.7 Å². The van der Waals surface area contributed by atoms with Gasteiger partial charge in [0.2, 0.25) is 0 Å². The van der Waals surface area contributed by atoms with Crippen LogP contribution in [-0.2, 0) is 16.0 Å². The van der Waals surface area contributed by atoms with Gasteiger partial charge in [-0.1, -0.05) is 25.1 Å².